The van der Waals surface area contributed by atoms with Gasteiger partial charge in [-0.3, -0.25) is 4.79 Å². The van der Waals surface area contributed by atoms with Gasteiger partial charge in [0.2, 0.25) is 0 Å². The summed E-state index contributed by atoms with van der Waals surface area (Å²) in [5.74, 6) is -2.17. The number of amides is 1. The second-order valence-electron chi connectivity index (χ2n) is 4.59. The first-order chi connectivity index (χ1) is 10.5. The van der Waals surface area contributed by atoms with Crippen LogP contribution in [0.25, 0.3) is 0 Å². The maximum absolute atomic E-state index is 13.0. The van der Waals surface area contributed by atoms with E-state index in [0.29, 0.717) is 17.7 Å². The molecule has 6 heteroatoms. The summed E-state index contributed by atoms with van der Waals surface area (Å²) >= 11 is 0. The quantitative estimate of drug-likeness (QED) is 0.891. The van der Waals surface area contributed by atoms with Gasteiger partial charge < -0.3 is 10.1 Å². The molecule has 0 aliphatic heterocycles. The summed E-state index contributed by atoms with van der Waals surface area (Å²) in [5.41, 5.74) is 0.582. The van der Waals surface area contributed by atoms with Crippen LogP contribution in [0, 0.1) is 17.5 Å². The molecule has 0 aromatic heterocycles. The Bertz CT molecular complexity index is 644. The average molecular weight is 309 g/mol. The molecule has 22 heavy (non-hydrogen) atoms. The minimum atomic E-state index is -0.913. The number of rotatable bonds is 6. The van der Waals surface area contributed by atoms with Gasteiger partial charge in [0.1, 0.15) is 11.6 Å². The molecule has 0 spiro atoms. The lowest BCUT2D eigenvalue weighted by atomic mass is 10.1. The van der Waals surface area contributed by atoms with E-state index in [2.05, 4.69) is 5.32 Å². The molecule has 1 amide bonds. The number of nitrogens with one attached hydrogen (secondary N) is 1. The van der Waals surface area contributed by atoms with Crippen LogP contribution < -0.4 is 10.1 Å². The van der Waals surface area contributed by atoms with Gasteiger partial charge in [0.15, 0.2) is 18.2 Å². The Labute approximate surface area is 125 Å². The smallest absolute Gasteiger partial charge is 0.257 e. The third-order valence-corrected chi connectivity index (χ3v) is 2.90. The molecule has 2 aromatic rings. The van der Waals surface area contributed by atoms with Crippen LogP contribution in [0.5, 0.6) is 5.75 Å². The minimum Gasteiger partial charge on any atom is -0.484 e. The molecule has 0 aliphatic rings. The van der Waals surface area contributed by atoms with Gasteiger partial charge >= 0.3 is 0 Å². The summed E-state index contributed by atoms with van der Waals surface area (Å²) in [7, 11) is 0. The van der Waals surface area contributed by atoms with Crippen LogP contribution in [0.4, 0.5) is 13.2 Å². The lowest BCUT2D eigenvalue weighted by molar-refractivity contribution is -0.123. The first-order valence-corrected chi connectivity index (χ1v) is 6.63. The fourth-order valence-electron chi connectivity index (χ4n) is 1.77. The van der Waals surface area contributed by atoms with Crippen molar-refractivity contribution in [1.29, 1.82) is 0 Å². The normalized spacial score (nSPS) is 10.3. The monoisotopic (exact) mass is 309 g/mol. The third-order valence-electron chi connectivity index (χ3n) is 2.90. The molecular formula is C16H14F3NO2. The molecule has 0 saturated heterocycles. The van der Waals surface area contributed by atoms with Crippen molar-refractivity contribution in [2.75, 3.05) is 13.2 Å². The molecule has 0 fully saturated rings. The van der Waals surface area contributed by atoms with Crippen molar-refractivity contribution >= 4 is 5.91 Å². The maximum Gasteiger partial charge on any atom is 0.257 e. The average Bonchev–Trinajstić information content (AvgIpc) is 2.50. The third kappa shape index (κ3) is 4.80. The molecule has 0 radical (unpaired) electrons. The predicted molar refractivity (Wildman–Crippen MR) is 75.0 cm³/mol. The second-order valence-corrected chi connectivity index (χ2v) is 4.59. The van der Waals surface area contributed by atoms with Gasteiger partial charge in [-0.2, -0.15) is 0 Å². The van der Waals surface area contributed by atoms with Crippen molar-refractivity contribution in [3.8, 4) is 5.75 Å². The maximum atomic E-state index is 13.0. The van der Waals surface area contributed by atoms with Crippen molar-refractivity contribution < 1.29 is 22.7 Å². The standard InChI is InChI=1S/C16H14F3NO2/c17-12-2-4-13(5-3-12)22-10-16(21)20-8-7-11-1-6-14(18)15(19)9-11/h1-6,9H,7-8,10H2,(H,20,21). The molecular weight excluding hydrogens is 295 g/mol. The van der Waals surface area contributed by atoms with E-state index in [0.717, 1.165) is 12.1 Å². The summed E-state index contributed by atoms with van der Waals surface area (Å²) in [6.45, 7) is 0.0695. The SMILES string of the molecule is O=C(COc1ccc(F)cc1)NCCc1ccc(F)c(F)c1. The fourth-order valence-corrected chi connectivity index (χ4v) is 1.77. The largest absolute Gasteiger partial charge is 0.484 e. The zero-order chi connectivity index (χ0) is 15.9. The van der Waals surface area contributed by atoms with Crippen LogP contribution in [0.3, 0.4) is 0 Å². The van der Waals surface area contributed by atoms with Gasteiger partial charge in [0, 0.05) is 6.54 Å². The first-order valence-electron chi connectivity index (χ1n) is 6.63. The number of carbonyl (C=O) groups excluding carboxylic acids is 1. The summed E-state index contributed by atoms with van der Waals surface area (Å²) in [5, 5.41) is 2.59. The lowest BCUT2D eigenvalue weighted by Crippen LogP contribution is -2.30. The predicted octanol–water partition coefficient (Wildman–Crippen LogP) is 2.84. The van der Waals surface area contributed by atoms with Crippen LogP contribution in [0.2, 0.25) is 0 Å². The number of hydrogen-bond donors (Lipinski definition) is 1. The Hall–Kier alpha value is -2.50. The Kier molecular flexibility index (Phi) is 5.41. The highest BCUT2D eigenvalue weighted by Crippen LogP contribution is 2.11. The van der Waals surface area contributed by atoms with Gasteiger partial charge in [-0.15, -0.1) is 0 Å². The number of carbonyl (C=O) groups is 1. The van der Waals surface area contributed by atoms with Gasteiger partial charge in [-0.05, 0) is 48.4 Å². The second kappa shape index (κ2) is 7.49. The summed E-state index contributed by atoms with van der Waals surface area (Å²) in [6, 6.07) is 8.90. The van der Waals surface area contributed by atoms with Gasteiger partial charge in [-0.1, -0.05) is 6.07 Å². The molecule has 116 valence electrons. The van der Waals surface area contributed by atoms with E-state index < -0.39 is 11.6 Å². The molecule has 2 rings (SSSR count). The molecule has 0 aliphatic carbocycles. The van der Waals surface area contributed by atoms with Gasteiger partial charge in [0.25, 0.3) is 5.91 Å². The first kappa shape index (κ1) is 15.9. The van der Waals surface area contributed by atoms with Crippen molar-refractivity contribution in [2.24, 2.45) is 0 Å². The highest BCUT2D eigenvalue weighted by molar-refractivity contribution is 5.77. The Morgan fingerprint density at radius 1 is 1.00 bits per heavy atom. The van der Waals surface area contributed by atoms with Crippen LogP contribution in [-0.2, 0) is 11.2 Å². The molecule has 0 saturated carbocycles. The van der Waals surface area contributed by atoms with E-state index in [1.807, 2.05) is 0 Å². The minimum absolute atomic E-state index is 0.205. The van der Waals surface area contributed by atoms with Crippen LogP contribution in [-0.4, -0.2) is 19.1 Å². The Morgan fingerprint density at radius 2 is 1.73 bits per heavy atom. The topological polar surface area (TPSA) is 38.3 Å². The van der Waals surface area contributed by atoms with Gasteiger partial charge in [-0.25, -0.2) is 13.2 Å². The van der Waals surface area contributed by atoms with E-state index in [4.69, 9.17) is 4.74 Å². The zero-order valence-electron chi connectivity index (χ0n) is 11.6. The zero-order valence-corrected chi connectivity index (χ0v) is 11.6. The van der Waals surface area contributed by atoms with Gasteiger partial charge in [0.05, 0.1) is 0 Å². The van der Waals surface area contributed by atoms with Crippen LogP contribution in [0.1, 0.15) is 5.56 Å². The lowest BCUT2D eigenvalue weighted by Gasteiger charge is -2.07. The fraction of sp³-hybridized carbons (Fsp3) is 0.188. The van der Waals surface area contributed by atoms with Crippen molar-refractivity contribution in [2.45, 2.75) is 6.42 Å². The molecule has 0 heterocycles. The molecule has 0 atom stereocenters. The summed E-state index contributed by atoms with van der Waals surface area (Å²) in [4.78, 5) is 11.6. The number of halogens is 3. The van der Waals surface area contributed by atoms with Crippen molar-refractivity contribution in [3.05, 3.63) is 65.5 Å². The van der Waals surface area contributed by atoms with E-state index in [-0.39, 0.29) is 24.9 Å². The number of benzene rings is 2. The number of hydrogen-bond acceptors (Lipinski definition) is 2. The molecule has 2 aromatic carbocycles. The molecule has 1 N–H and O–H groups in total. The highest BCUT2D eigenvalue weighted by atomic mass is 19.2. The summed E-state index contributed by atoms with van der Waals surface area (Å²) in [6.07, 6.45) is 0.374. The molecule has 0 bridgehead atoms. The van der Waals surface area contributed by atoms with E-state index in [1.54, 1.807) is 0 Å². The van der Waals surface area contributed by atoms with E-state index in [1.165, 1.54) is 30.3 Å². The highest BCUT2D eigenvalue weighted by Gasteiger charge is 2.05. The Morgan fingerprint density at radius 3 is 2.41 bits per heavy atom. The van der Waals surface area contributed by atoms with E-state index in [9.17, 15) is 18.0 Å². The Balaban J connectivity index is 1.71. The van der Waals surface area contributed by atoms with Crippen LogP contribution >= 0.6 is 0 Å². The van der Waals surface area contributed by atoms with Crippen LogP contribution in [0.15, 0.2) is 42.5 Å². The van der Waals surface area contributed by atoms with Crippen molar-refractivity contribution in [1.82, 2.24) is 5.32 Å². The summed E-state index contributed by atoms with van der Waals surface area (Å²) < 4.78 is 43.6. The molecule has 3 nitrogen and oxygen atoms in total. The van der Waals surface area contributed by atoms with E-state index >= 15 is 0 Å². The number of ether oxygens (including phenoxy) is 1. The molecule has 0 unspecified atom stereocenters. The van der Waals surface area contributed by atoms with Crippen molar-refractivity contribution in [3.63, 3.8) is 0 Å².